The number of fused-ring (bicyclic) bond motifs is 1. The van der Waals surface area contributed by atoms with Gasteiger partial charge in [-0.15, -0.1) is 4.40 Å². The van der Waals surface area contributed by atoms with E-state index in [1.807, 2.05) is 0 Å². The first-order valence-corrected chi connectivity index (χ1v) is 8.23. The molecule has 1 saturated carbocycles. The summed E-state index contributed by atoms with van der Waals surface area (Å²) in [5.41, 5.74) is -0.102. The largest absolute Gasteiger partial charge is 0.388 e. The fourth-order valence-corrected chi connectivity index (χ4v) is 4.32. The van der Waals surface area contributed by atoms with Crippen molar-refractivity contribution >= 4 is 15.9 Å². The van der Waals surface area contributed by atoms with E-state index >= 15 is 0 Å². The molecule has 1 fully saturated rings. The second-order valence-corrected chi connectivity index (χ2v) is 7.25. The van der Waals surface area contributed by atoms with Gasteiger partial charge in [0.2, 0.25) is 0 Å². The lowest BCUT2D eigenvalue weighted by atomic mass is 10.0. The van der Waals surface area contributed by atoms with Gasteiger partial charge in [-0.2, -0.15) is 8.42 Å². The molecule has 1 aromatic rings. The fourth-order valence-electron chi connectivity index (χ4n) is 3.07. The molecule has 0 atom stereocenters. The van der Waals surface area contributed by atoms with Crippen LogP contribution in [0, 0.1) is 0 Å². The van der Waals surface area contributed by atoms with E-state index in [4.69, 9.17) is 0 Å². The third-order valence-electron chi connectivity index (χ3n) is 4.04. The molecule has 108 valence electrons. The van der Waals surface area contributed by atoms with Crippen LogP contribution in [0.1, 0.15) is 31.2 Å². The van der Waals surface area contributed by atoms with E-state index < -0.39 is 15.6 Å². The molecule has 0 radical (unpaired) electrons. The number of hydrogen-bond donors (Lipinski definition) is 1. The van der Waals surface area contributed by atoms with E-state index in [-0.39, 0.29) is 4.90 Å². The predicted molar refractivity (Wildman–Crippen MR) is 76.2 cm³/mol. The highest BCUT2D eigenvalue weighted by atomic mass is 32.2. The standard InChI is InChI=1S/C14H18N2O3S/c1-16(10-14(17)8-4-5-9-14)13-11-6-2-3-7-12(11)20(18,19)15-13/h2-3,6-7,17H,4-5,8-10H2,1H3. The Morgan fingerprint density at radius 3 is 2.65 bits per heavy atom. The third kappa shape index (κ3) is 2.23. The molecule has 1 aromatic carbocycles. The van der Waals surface area contributed by atoms with Crippen molar-refractivity contribution in [2.75, 3.05) is 13.6 Å². The zero-order valence-electron chi connectivity index (χ0n) is 11.4. The van der Waals surface area contributed by atoms with E-state index in [0.717, 1.165) is 25.7 Å². The van der Waals surface area contributed by atoms with Crippen molar-refractivity contribution < 1.29 is 13.5 Å². The average Bonchev–Trinajstić information content (AvgIpc) is 2.93. The molecule has 20 heavy (non-hydrogen) atoms. The molecule has 6 heteroatoms. The summed E-state index contributed by atoms with van der Waals surface area (Å²) in [7, 11) is -1.80. The summed E-state index contributed by atoms with van der Waals surface area (Å²) >= 11 is 0. The summed E-state index contributed by atoms with van der Waals surface area (Å²) in [6.45, 7) is 0.412. The van der Waals surface area contributed by atoms with Crippen LogP contribution in [0.5, 0.6) is 0 Å². The van der Waals surface area contributed by atoms with Crippen molar-refractivity contribution in [1.82, 2.24) is 4.90 Å². The first kappa shape index (κ1) is 13.6. The lowest BCUT2D eigenvalue weighted by Crippen LogP contribution is -2.42. The van der Waals surface area contributed by atoms with Gasteiger partial charge in [0.05, 0.1) is 5.60 Å². The fraction of sp³-hybridized carbons (Fsp3) is 0.500. The van der Waals surface area contributed by atoms with E-state index in [1.165, 1.54) is 0 Å². The number of benzene rings is 1. The molecule has 0 spiro atoms. The number of sulfonamides is 1. The van der Waals surface area contributed by atoms with Crippen LogP contribution in [0.4, 0.5) is 0 Å². The normalized spacial score (nSPS) is 22.4. The molecule has 2 aliphatic rings. The lowest BCUT2D eigenvalue weighted by molar-refractivity contribution is 0.0311. The molecule has 0 aromatic heterocycles. The van der Waals surface area contributed by atoms with Crippen molar-refractivity contribution in [3.8, 4) is 0 Å². The van der Waals surface area contributed by atoms with Gasteiger partial charge in [-0.25, -0.2) is 0 Å². The van der Waals surface area contributed by atoms with Gasteiger partial charge in [0.25, 0.3) is 10.0 Å². The minimum Gasteiger partial charge on any atom is -0.388 e. The Morgan fingerprint density at radius 1 is 1.30 bits per heavy atom. The van der Waals surface area contributed by atoms with Gasteiger partial charge in [-0.05, 0) is 25.0 Å². The highest BCUT2D eigenvalue weighted by molar-refractivity contribution is 7.90. The van der Waals surface area contributed by atoms with E-state index in [2.05, 4.69) is 4.40 Å². The number of nitrogens with zero attached hydrogens (tertiary/aromatic N) is 2. The molecule has 1 aliphatic carbocycles. The van der Waals surface area contributed by atoms with Crippen LogP contribution < -0.4 is 0 Å². The van der Waals surface area contributed by atoms with Gasteiger partial charge >= 0.3 is 0 Å². The van der Waals surface area contributed by atoms with Gasteiger partial charge in [0.15, 0.2) is 5.84 Å². The van der Waals surface area contributed by atoms with Gasteiger partial charge in [0, 0.05) is 19.2 Å². The Bertz CT molecular complexity index is 661. The van der Waals surface area contributed by atoms with Crippen molar-refractivity contribution in [1.29, 1.82) is 0 Å². The Hall–Kier alpha value is -1.40. The smallest absolute Gasteiger partial charge is 0.285 e. The number of rotatable bonds is 2. The highest BCUT2D eigenvalue weighted by Gasteiger charge is 2.36. The summed E-state index contributed by atoms with van der Waals surface area (Å²) < 4.78 is 27.9. The molecule has 0 saturated heterocycles. The molecule has 0 unspecified atom stereocenters. The van der Waals surface area contributed by atoms with Gasteiger partial charge < -0.3 is 10.0 Å². The first-order chi connectivity index (χ1) is 9.41. The van der Waals surface area contributed by atoms with Gasteiger partial charge in [-0.1, -0.05) is 25.0 Å². The number of hydrogen-bond acceptors (Lipinski definition) is 4. The molecule has 1 heterocycles. The zero-order valence-corrected chi connectivity index (χ0v) is 12.2. The van der Waals surface area contributed by atoms with Crippen LogP contribution in [0.3, 0.4) is 0 Å². The van der Waals surface area contributed by atoms with E-state index in [1.54, 1.807) is 36.2 Å². The molecule has 1 N–H and O–H groups in total. The summed E-state index contributed by atoms with van der Waals surface area (Å²) in [6.07, 6.45) is 3.56. The van der Waals surface area contributed by atoms with Crippen molar-refractivity contribution in [2.24, 2.45) is 4.40 Å². The third-order valence-corrected chi connectivity index (χ3v) is 5.36. The van der Waals surface area contributed by atoms with E-state index in [0.29, 0.717) is 17.9 Å². The minimum absolute atomic E-state index is 0.250. The quantitative estimate of drug-likeness (QED) is 0.894. The molecule has 1 aliphatic heterocycles. The zero-order chi connectivity index (χ0) is 14.4. The van der Waals surface area contributed by atoms with Crippen LogP contribution in [-0.2, 0) is 10.0 Å². The summed E-state index contributed by atoms with van der Waals surface area (Å²) in [5.74, 6) is 0.431. The Morgan fingerprint density at radius 2 is 1.95 bits per heavy atom. The second-order valence-electron chi connectivity index (χ2n) is 5.67. The minimum atomic E-state index is -3.59. The van der Waals surface area contributed by atoms with Crippen LogP contribution in [0.2, 0.25) is 0 Å². The van der Waals surface area contributed by atoms with Gasteiger partial charge in [0.1, 0.15) is 4.90 Å². The van der Waals surface area contributed by atoms with Crippen molar-refractivity contribution in [3.05, 3.63) is 29.8 Å². The average molecular weight is 294 g/mol. The summed E-state index contributed by atoms with van der Waals surface area (Å²) in [4.78, 5) is 2.01. The molecular weight excluding hydrogens is 276 g/mol. The van der Waals surface area contributed by atoms with Crippen LogP contribution in [0.25, 0.3) is 0 Å². The summed E-state index contributed by atoms with van der Waals surface area (Å²) in [6, 6.07) is 6.82. The highest BCUT2D eigenvalue weighted by Crippen LogP contribution is 2.32. The Kier molecular flexibility index (Phi) is 3.10. The SMILES string of the molecule is CN(CC1(O)CCCC1)C1=NS(=O)(=O)c2ccccc21. The Balaban J connectivity index is 1.91. The Labute approximate surface area is 119 Å². The molecular formula is C14H18N2O3S. The van der Waals surface area contributed by atoms with E-state index in [9.17, 15) is 13.5 Å². The van der Waals surface area contributed by atoms with Crippen LogP contribution in [0.15, 0.2) is 33.6 Å². The lowest BCUT2D eigenvalue weighted by Gasteiger charge is -2.29. The van der Waals surface area contributed by atoms with Crippen molar-refractivity contribution in [3.63, 3.8) is 0 Å². The summed E-state index contributed by atoms with van der Waals surface area (Å²) in [5, 5.41) is 10.5. The van der Waals surface area contributed by atoms with Crippen LogP contribution in [-0.4, -0.2) is 43.5 Å². The first-order valence-electron chi connectivity index (χ1n) is 6.79. The van der Waals surface area contributed by atoms with Gasteiger partial charge in [-0.3, -0.25) is 0 Å². The second kappa shape index (κ2) is 4.56. The topological polar surface area (TPSA) is 70.0 Å². The molecule has 0 bridgehead atoms. The molecule has 5 nitrogen and oxygen atoms in total. The molecule has 0 amide bonds. The number of aliphatic hydroxyl groups is 1. The van der Waals surface area contributed by atoms with Crippen LogP contribution >= 0.6 is 0 Å². The molecule has 3 rings (SSSR count). The number of amidine groups is 1. The monoisotopic (exact) mass is 294 g/mol. The maximum Gasteiger partial charge on any atom is 0.285 e. The number of likely N-dealkylation sites (N-methyl/N-ethyl adjacent to an activating group) is 1. The predicted octanol–water partition coefficient (Wildman–Crippen LogP) is 1.37. The van der Waals surface area contributed by atoms with Crippen molar-refractivity contribution in [2.45, 2.75) is 36.2 Å². The maximum absolute atomic E-state index is 12.0. The maximum atomic E-state index is 12.0.